The maximum Gasteiger partial charge on any atom is 0.263 e. The SMILES string of the molecule is C=C(C)/C(=C/C)C(=C)C(F)F. The van der Waals surface area contributed by atoms with Crippen LogP contribution in [0.2, 0.25) is 0 Å². The summed E-state index contributed by atoms with van der Waals surface area (Å²) in [6.07, 6.45) is -0.894. The Balaban J connectivity index is 4.55. The normalized spacial score (nSPS) is 11.9. The van der Waals surface area contributed by atoms with E-state index in [0.717, 1.165) is 0 Å². The van der Waals surface area contributed by atoms with Gasteiger partial charge in [-0.2, -0.15) is 0 Å². The third kappa shape index (κ3) is 2.66. The largest absolute Gasteiger partial charge is 0.263 e. The van der Waals surface area contributed by atoms with E-state index in [4.69, 9.17) is 0 Å². The Morgan fingerprint density at radius 1 is 1.36 bits per heavy atom. The van der Waals surface area contributed by atoms with Crippen molar-refractivity contribution in [3.8, 4) is 0 Å². The quantitative estimate of drug-likeness (QED) is 0.552. The van der Waals surface area contributed by atoms with Crippen LogP contribution in [0.3, 0.4) is 0 Å². The zero-order valence-corrected chi connectivity index (χ0v) is 6.82. The predicted molar refractivity (Wildman–Crippen MR) is 43.7 cm³/mol. The van der Waals surface area contributed by atoms with E-state index in [1.54, 1.807) is 19.9 Å². The van der Waals surface area contributed by atoms with E-state index in [0.29, 0.717) is 11.1 Å². The molecule has 2 heteroatoms. The lowest BCUT2D eigenvalue weighted by Gasteiger charge is -2.08. The van der Waals surface area contributed by atoms with Crippen molar-refractivity contribution in [1.82, 2.24) is 0 Å². The number of rotatable bonds is 3. The summed E-state index contributed by atoms with van der Waals surface area (Å²) >= 11 is 0. The summed E-state index contributed by atoms with van der Waals surface area (Å²) in [4.78, 5) is 0. The van der Waals surface area contributed by atoms with E-state index in [1.165, 1.54) is 0 Å². The summed E-state index contributed by atoms with van der Waals surface area (Å²) in [6, 6.07) is 0. The number of halogens is 2. The van der Waals surface area contributed by atoms with Gasteiger partial charge in [-0.05, 0) is 19.4 Å². The Labute approximate surface area is 65.9 Å². The third-order valence-corrected chi connectivity index (χ3v) is 1.36. The molecule has 0 saturated carbocycles. The average molecular weight is 158 g/mol. The van der Waals surface area contributed by atoms with Crippen LogP contribution in [-0.4, -0.2) is 6.43 Å². The van der Waals surface area contributed by atoms with Crippen LogP contribution in [0.1, 0.15) is 13.8 Å². The molecule has 0 heterocycles. The summed E-state index contributed by atoms with van der Waals surface area (Å²) in [6.45, 7) is 10.2. The van der Waals surface area contributed by atoms with Crippen molar-refractivity contribution in [3.05, 3.63) is 36.0 Å². The molecule has 0 bridgehead atoms. The molecule has 0 unspecified atom stereocenters. The highest BCUT2D eigenvalue weighted by molar-refractivity contribution is 5.43. The van der Waals surface area contributed by atoms with Gasteiger partial charge in [0, 0.05) is 5.57 Å². The highest BCUT2D eigenvalue weighted by atomic mass is 19.3. The van der Waals surface area contributed by atoms with E-state index >= 15 is 0 Å². The molecule has 0 N–H and O–H groups in total. The van der Waals surface area contributed by atoms with Crippen LogP contribution in [0.15, 0.2) is 36.0 Å². The van der Waals surface area contributed by atoms with Gasteiger partial charge >= 0.3 is 0 Å². The topological polar surface area (TPSA) is 0 Å². The van der Waals surface area contributed by atoms with Gasteiger partial charge in [-0.25, -0.2) is 8.78 Å². The number of hydrogen-bond acceptors (Lipinski definition) is 0. The molecule has 0 aliphatic rings. The summed E-state index contributed by atoms with van der Waals surface area (Å²) in [5.41, 5.74) is 0.929. The molecule has 0 amide bonds. The number of allylic oxidation sites excluding steroid dienone is 4. The predicted octanol–water partition coefficient (Wildman–Crippen LogP) is 3.33. The third-order valence-electron chi connectivity index (χ3n) is 1.36. The van der Waals surface area contributed by atoms with E-state index in [2.05, 4.69) is 13.2 Å². The van der Waals surface area contributed by atoms with Crippen molar-refractivity contribution in [2.24, 2.45) is 0 Å². The lowest BCUT2D eigenvalue weighted by molar-refractivity contribution is 0.193. The molecule has 0 radical (unpaired) electrons. The second-order valence-corrected chi connectivity index (χ2v) is 2.31. The molecule has 0 fully saturated rings. The maximum absolute atomic E-state index is 12.0. The second kappa shape index (κ2) is 4.06. The molecule has 62 valence electrons. The van der Waals surface area contributed by atoms with Crippen molar-refractivity contribution in [1.29, 1.82) is 0 Å². The molecule has 0 aromatic carbocycles. The van der Waals surface area contributed by atoms with Gasteiger partial charge < -0.3 is 0 Å². The number of hydrogen-bond donors (Lipinski definition) is 0. The molecular formula is C9H12F2. The Morgan fingerprint density at radius 2 is 1.82 bits per heavy atom. The van der Waals surface area contributed by atoms with E-state index < -0.39 is 6.43 Å². The van der Waals surface area contributed by atoms with Crippen LogP contribution in [0.4, 0.5) is 8.78 Å². The second-order valence-electron chi connectivity index (χ2n) is 2.31. The van der Waals surface area contributed by atoms with Crippen LogP contribution >= 0.6 is 0 Å². The van der Waals surface area contributed by atoms with Gasteiger partial charge in [0.25, 0.3) is 6.43 Å². The van der Waals surface area contributed by atoms with Crippen molar-refractivity contribution < 1.29 is 8.78 Å². The average Bonchev–Trinajstić information content (AvgIpc) is 1.88. The van der Waals surface area contributed by atoms with Crippen molar-refractivity contribution in [3.63, 3.8) is 0 Å². The van der Waals surface area contributed by atoms with E-state index in [-0.39, 0.29) is 5.57 Å². The maximum atomic E-state index is 12.0. The fourth-order valence-electron chi connectivity index (χ4n) is 0.823. The van der Waals surface area contributed by atoms with Gasteiger partial charge in [0.05, 0.1) is 0 Å². The Kier molecular flexibility index (Phi) is 3.72. The molecule has 0 aliphatic heterocycles. The molecule has 0 aromatic heterocycles. The van der Waals surface area contributed by atoms with Gasteiger partial charge in [-0.3, -0.25) is 0 Å². The summed E-state index contributed by atoms with van der Waals surface area (Å²) in [5.74, 6) is 0. The van der Waals surface area contributed by atoms with Crippen LogP contribution in [0, 0.1) is 0 Å². The first-order valence-electron chi connectivity index (χ1n) is 3.30. The first kappa shape index (κ1) is 10.1. The minimum absolute atomic E-state index is 0.153. The smallest absolute Gasteiger partial charge is 0.205 e. The molecule has 0 saturated heterocycles. The Bertz CT molecular complexity index is 200. The molecule has 11 heavy (non-hydrogen) atoms. The minimum Gasteiger partial charge on any atom is -0.205 e. The van der Waals surface area contributed by atoms with Crippen molar-refractivity contribution >= 4 is 0 Å². The van der Waals surface area contributed by atoms with Gasteiger partial charge in [0.1, 0.15) is 0 Å². The van der Waals surface area contributed by atoms with E-state index in [1.807, 2.05) is 0 Å². The van der Waals surface area contributed by atoms with Crippen LogP contribution in [0.25, 0.3) is 0 Å². The van der Waals surface area contributed by atoms with Gasteiger partial charge in [0.15, 0.2) is 0 Å². The Morgan fingerprint density at radius 3 is 1.91 bits per heavy atom. The molecule has 0 atom stereocenters. The van der Waals surface area contributed by atoms with Crippen LogP contribution < -0.4 is 0 Å². The lowest BCUT2D eigenvalue weighted by atomic mass is 10.0. The van der Waals surface area contributed by atoms with Crippen molar-refractivity contribution in [2.75, 3.05) is 0 Å². The van der Waals surface area contributed by atoms with Gasteiger partial charge in [-0.1, -0.05) is 24.8 Å². The highest BCUT2D eigenvalue weighted by Gasteiger charge is 2.12. The molecule has 0 rings (SSSR count). The minimum atomic E-state index is -2.49. The molecular weight excluding hydrogens is 146 g/mol. The van der Waals surface area contributed by atoms with E-state index in [9.17, 15) is 8.78 Å². The summed E-state index contributed by atoms with van der Waals surface area (Å²) < 4.78 is 24.1. The first-order valence-corrected chi connectivity index (χ1v) is 3.30. The Hall–Kier alpha value is -0.920. The van der Waals surface area contributed by atoms with Gasteiger partial charge in [0.2, 0.25) is 0 Å². The lowest BCUT2D eigenvalue weighted by Crippen LogP contribution is -1.99. The fourth-order valence-corrected chi connectivity index (χ4v) is 0.823. The van der Waals surface area contributed by atoms with Gasteiger partial charge in [-0.15, -0.1) is 0 Å². The molecule has 0 aromatic rings. The van der Waals surface area contributed by atoms with Crippen LogP contribution in [-0.2, 0) is 0 Å². The molecule has 0 aliphatic carbocycles. The monoisotopic (exact) mass is 158 g/mol. The fraction of sp³-hybridized carbons (Fsp3) is 0.333. The van der Waals surface area contributed by atoms with Crippen LogP contribution in [0.5, 0.6) is 0 Å². The molecule has 0 nitrogen and oxygen atoms in total. The molecule has 0 spiro atoms. The zero-order valence-electron chi connectivity index (χ0n) is 6.82. The summed E-state index contributed by atoms with van der Waals surface area (Å²) in [5, 5.41) is 0. The standard InChI is InChI=1S/C9H12F2/c1-5-8(6(2)3)7(4)9(10)11/h5,9H,2,4H2,1,3H3/b8-5-. The zero-order chi connectivity index (χ0) is 9.02. The highest BCUT2D eigenvalue weighted by Crippen LogP contribution is 2.21. The van der Waals surface area contributed by atoms with Crippen molar-refractivity contribution in [2.45, 2.75) is 20.3 Å². The first-order chi connectivity index (χ1) is 5.00. The summed E-state index contributed by atoms with van der Waals surface area (Å²) in [7, 11) is 0. The number of alkyl halides is 2.